The first kappa shape index (κ1) is 59.1. The quantitative estimate of drug-likeness (QED) is 0.0303. The highest BCUT2D eigenvalue weighted by atomic mass is 32.2. The molecule has 0 bridgehead atoms. The van der Waals surface area contributed by atoms with Gasteiger partial charge in [-0.25, -0.2) is 4.79 Å². The summed E-state index contributed by atoms with van der Waals surface area (Å²) in [4.78, 5) is 35.7. The van der Waals surface area contributed by atoms with Crippen LogP contribution in [0.5, 0.6) is 0 Å². The van der Waals surface area contributed by atoms with Crippen molar-refractivity contribution in [3.63, 3.8) is 0 Å². The third kappa shape index (κ3) is 13.9. The van der Waals surface area contributed by atoms with Gasteiger partial charge in [0.2, 0.25) is 5.78 Å². The molecule has 0 heterocycles. The number of hydrogen-bond acceptors (Lipinski definition) is 23. The van der Waals surface area contributed by atoms with Gasteiger partial charge in [-0.15, -0.1) is 0 Å². The van der Waals surface area contributed by atoms with Crippen molar-refractivity contribution in [2.75, 3.05) is 16.2 Å². The van der Waals surface area contributed by atoms with E-state index in [0.717, 1.165) is 115 Å². The average molecular weight is 1240 g/mol. The van der Waals surface area contributed by atoms with Crippen LogP contribution in [0.2, 0.25) is 0 Å². The summed E-state index contributed by atoms with van der Waals surface area (Å²) in [5.41, 5.74) is 0.197. The second kappa shape index (κ2) is 22.2. The highest BCUT2D eigenvalue weighted by Crippen LogP contribution is 2.34. The molecule has 0 saturated carbocycles. The summed E-state index contributed by atoms with van der Waals surface area (Å²) in [6.07, 6.45) is 4.46. The molecule has 5 aromatic carbocycles. The lowest BCUT2D eigenvalue weighted by Gasteiger charge is -2.20. The number of amides is 2. The van der Waals surface area contributed by atoms with Crippen molar-refractivity contribution in [2.45, 2.75) is 19.6 Å². The number of hydrogen-bond donors (Lipinski definition) is 10. The molecular weight excluding hydrogens is 1210 g/mol. The first-order valence-corrected chi connectivity index (χ1v) is 30.5. The van der Waals surface area contributed by atoms with Gasteiger partial charge >= 0.3 is 6.03 Å². The Morgan fingerprint density at radius 3 is 1.39 bits per heavy atom. The topological polar surface area (TPSA) is 500 Å². The molecule has 8 rings (SSSR count). The summed E-state index contributed by atoms with van der Waals surface area (Å²) in [7, 11) is -29.8. The van der Waals surface area contributed by atoms with Crippen LogP contribution in [-0.2, 0) is 65.5 Å². The van der Waals surface area contributed by atoms with Gasteiger partial charge < -0.3 is 10.6 Å². The van der Waals surface area contributed by atoms with E-state index in [4.69, 9.17) is 9.11 Å². The van der Waals surface area contributed by atoms with E-state index in [2.05, 4.69) is 52.1 Å². The van der Waals surface area contributed by atoms with Crippen molar-refractivity contribution in [1.82, 2.24) is 5.32 Å². The Morgan fingerprint density at radius 2 is 0.915 bits per heavy atom. The fraction of sp³-hybridized carbons (Fsp3) is 0. The van der Waals surface area contributed by atoms with Crippen LogP contribution in [-0.4, -0.2) is 107 Å². The maximum atomic E-state index is 13.7. The molecular formula is C45H32N10O21S6. The molecule has 0 spiro atoms. The van der Waals surface area contributed by atoms with E-state index in [1.54, 1.807) is 0 Å². The molecule has 2 amide bonds. The van der Waals surface area contributed by atoms with E-state index in [1.807, 2.05) is 0 Å². The molecule has 424 valence electrons. The molecule has 10 N–H and O–H groups in total. The van der Waals surface area contributed by atoms with Gasteiger partial charge in [-0.2, -0.15) is 81.2 Å². The van der Waals surface area contributed by atoms with Crippen LogP contribution in [0.3, 0.4) is 0 Å². The van der Waals surface area contributed by atoms with Crippen LogP contribution >= 0.6 is 0 Å². The third-order valence-corrected chi connectivity index (χ3v) is 16.3. The number of urea groups is 1. The normalized spacial score (nSPS) is 16.2. The van der Waals surface area contributed by atoms with Gasteiger partial charge in [0, 0.05) is 28.6 Å². The summed E-state index contributed by atoms with van der Waals surface area (Å²) in [5, 5.41) is 27.6. The zero-order valence-electron chi connectivity index (χ0n) is 40.1. The number of anilines is 3. The van der Waals surface area contributed by atoms with Crippen LogP contribution in [0.25, 0.3) is 6.08 Å². The smallest absolute Gasteiger partial charge is 0.308 e. The van der Waals surface area contributed by atoms with Crippen LogP contribution in [0.15, 0.2) is 204 Å². The number of carbonyl (C=O) groups is 3. The van der Waals surface area contributed by atoms with Crippen molar-refractivity contribution >= 4 is 136 Å². The number of ketones is 2. The summed E-state index contributed by atoms with van der Waals surface area (Å²) < 4.78 is 204. The van der Waals surface area contributed by atoms with E-state index in [1.165, 1.54) is 18.2 Å². The van der Waals surface area contributed by atoms with Gasteiger partial charge in [0.1, 0.15) is 25.3 Å². The summed E-state index contributed by atoms with van der Waals surface area (Å²) in [6, 6.07) is 16.9. The van der Waals surface area contributed by atoms with Gasteiger partial charge in [-0.3, -0.25) is 47.8 Å². The zero-order valence-corrected chi connectivity index (χ0v) is 45.0. The largest absolute Gasteiger partial charge is 0.323 e. The van der Waals surface area contributed by atoms with Gasteiger partial charge in [-0.05, 0) is 139 Å². The molecule has 3 aliphatic carbocycles. The molecule has 37 heteroatoms. The van der Waals surface area contributed by atoms with Crippen LogP contribution < -0.4 is 21.5 Å². The minimum Gasteiger partial charge on any atom is -0.308 e. The summed E-state index contributed by atoms with van der Waals surface area (Å²) >= 11 is 0. The molecule has 0 atom stereocenters. The maximum Gasteiger partial charge on any atom is 0.323 e. The standard InChI is InChI=1S/C45H32N10O21S6/c56-38-19-30(16-24-17-39(79(65,66)67)37(22-34(24)38)54-52-35-13-6-28(20-40(35)80(68,69)70)50-48-25-1-8-31(9-2-25)77(59,60)61)47-45(58)46-27-5-12-33-23(15-27)18-42(82(74,75)76)43(44(33)57)55-53-36-14-7-29(21-41(36)81(71,72)73)51-49-26-3-10-32(11-4-26)78(62,63)64/h1-22,52-53H,(H2,46,47,58)(H,59,60,61)(H,62,63,64)(H,65,66,67)(H,68,69,70)(H,71,72,73)(H,74,75,76). The number of nitrogens with zero attached hydrogens (tertiary/aromatic N) is 6. The van der Waals surface area contributed by atoms with E-state index < -0.39 is 130 Å². The van der Waals surface area contributed by atoms with Crippen molar-refractivity contribution < 1.29 is 92.2 Å². The maximum absolute atomic E-state index is 13.7. The molecule has 0 radical (unpaired) electrons. The zero-order chi connectivity index (χ0) is 59.9. The number of nitrogens with one attached hydrogen (secondary N) is 4. The van der Waals surface area contributed by atoms with Crippen molar-refractivity contribution in [3.05, 3.63) is 165 Å². The molecule has 82 heavy (non-hydrogen) atoms. The minimum atomic E-state index is -5.31. The van der Waals surface area contributed by atoms with Crippen LogP contribution in [0.1, 0.15) is 15.9 Å². The van der Waals surface area contributed by atoms with Crippen molar-refractivity contribution in [1.29, 1.82) is 0 Å². The summed E-state index contributed by atoms with van der Waals surface area (Å²) in [6.45, 7) is 0. The highest BCUT2D eigenvalue weighted by Gasteiger charge is 2.34. The first-order valence-electron chi connectivity index (χ1n) is 21.9. The van der Waals surface area contributed by atoms with Gasteiger partial charge in [0.15, 0.2) is 11.5 Å². The van der Waals surface area contributed by atoms with E-state index in [0.29, 0.717) is 0 Å². The van der Waals surface area contributed by atoms with E-state index in [-0.39, 0.29) is 56.4 Å². The molecule has 5 aromatic rings. The summed E-state index contributed by atoms with van der Waals surface area (Å²) in [5.74, 6) is -2.03. The fourth-order valence-corrected chi connectivity index (χ4v) is 10.9. The van der Waals surface area contributed by atoms with E-state index >= 15 is 0 Å². The van der Waals surface area contributed by atoms with Gasteiger partial charge in [0.05, 0.1) is 43.9 Å². The number of rotatable bonds is 16. The Balaban J connectivity index is 0.975. The lowest BCUT2D eigenvalue weighted by molar-refractivity contribution is -0.111. The number of allylic oxidation sites excluding steroid dienone is 8. The van der Waals surface area contributed by atoms with Crippen molar-refractivity contribution in [2.24, 2.45) is 30.7 Å². The molecule has 31 nitrogen and oxygen atoms in total. The average Bonchev–Trinajstić information content (AvgIpc) is 2.51. The molecule has 3 aliphatic rings. The second-order valence-electron chi connectivity index (χ2n) is 16.6. The van der Waals surface area contributed by atoms with Gasteiger partial charge in [-0.1, -0.05) is 0 Å². The lowest BCUT2D eigenvalue weighted by atomic mass is 9.90. The molecule has 0 saturated heterocycles. The third-order valence-electron chi connectivity index (χ3n) is 11.0. The highest BCUT2D eigenvalue weighted by molar-refractivity contribution is 7.91. The Morgan fingerprint density at radius 1 is 0.439 bits per heavy atom. The molecule has 0 unspecified atom stereocenters. The minimum absolute atomic E-state index is 0.0520. The van der Waals surface area contributed by atoms with E-state index in [9.17, 15) is 83.1 Å². The molecule has 0 aliphatic heterocycles. The second-order valence-corrected chi connectivity index (χ2v) is 25.0. The number of hydrazone groups is 2. The number of Topliss-reactive ketones (excluding diaryl/α,β-unsaturated/α-hetero) is 1. The van der Waals surface area contributed by atoms with Crippen LogP contribution in [0, 0.1) is 0 Å². The predicted molar refractivity (Wildman–Crippen MR) is 287 cm³/mol. The molecule has 0 fully saturated rings. The monoisotopic (exact) mass is 1240 g/mol. The number of azo groups is 2. The number of benzene rings is 5. The Labute approximate surface area is 462 Å². The Hall–Kier alpha value is -8.99. The van der Waals surface area contributed by atoms with Crippen molar-refractivity contribution in [3.8, 4) is 0 Å². The predicted octanol–water partition coefficient (Wildman–Crippen LogP) is 6.09. The van der Waals surface area contributed by atoms with Crippen LogP contribution in [0.4, 0.5) is 44.6 Å². The molecule has 0 aromatic heterocycles. The Bertz CT molecular complexity index is 4650. The van der Waals surface area contributed by atoms with Gasteiger partial charge in [0.25, 0.3) is 60.7 Å². The lowest BCUT2D eigenvalue weighted by Crippen LogP contribution is -2.30. The fourth-order valence-electron chi connectivity index (χ4n) is 7.32. The first-order chi connectivity index (χ1) is 38.1. The number of carbonyl (C=O) groups excluding carboxylic acids is 3. The number of fused-ring (bicyclic) bond motifs is 2. The Kier molecular flexibility index (Phi) is 16.0. The SMILES string of the molecule is O=C(NC1=CC(=O)C2=CC(=NNc3ccc(N=Nc4ccc(S(=O)(=O)O)cc4)cc3S(=O)(=O)O)C(S(=O)(=O)O)=CC2=C1)Nc1ccc2c(c1)C=C(S(=O)(=O)O)C(=NNc1ccc(N=Nc3ccc(S(=O)(=O)O)cc3)cc1S(=O)(=O)O)C2=O.